The number of aryl methyl sites for hydroxylation is 1. The van der Waals surface area contributed by atoms with Crippen LogP contribution in [0.3, 0.4) is 0 Å². The molecule has 2 heterocycles. The maximum Gasteiger partial charge on any atom is 0.389 e. The molecule has 1 aromatic carbocycles. The Morgan fingerprint density at radius 1 is 1.23 bits per heavy atom. The van der Waals surface area contributed by atoms with E-state index < -0.39 is 18.5 Å². The molecule has 1 fully saturated rings. The van der Waals surface area contributed by atoms with Gasteiger partial charge in [-0.1, -0.05) is 26.1 Å². The third-order valence-electron chi connectivity index (χ3n) is 5.62. The van der Waals surface area contributed by atoms with Crippen LogP contribution in [-0.4, -0.2) is 24.2 Å². The molecule has 1 saturated heterocycles. The van der Waals surface area contributed by atoms with Crippen LogP contribution < -0.4 is 9.80 Å². The first-order valence-electron chi connectivity index (χ1n) is 10.6. The predicted molar refractivity (Wildman–Crippen MR) is 122 cm³/mol. The third-order valence-corrected chi connectivity index (χ3v) is 5.62. The maximum absolute atomic E-state index is 12.8. The fourth-order valence-electron chi connectivity index (χ4n) is 4.21. The minimum absolute atomic E-state index is 0.350. The van der Waals surface area contributed by atoms with Crippen molar-refractivity contribution in [2.24, 2.45) is 5.92 Å². The SMILES string of the molecule is C=C(C)N(CCC)c1ccc(-c2ccc(N3CC(CC(F)(F)F)CC3=C)c(C)c2)cn1. The number of rotatable bonds is 7. The highest BCUT2D eigenvalue weighted by molar-refractivity contribution is 5.70. The minimum Gasteiger partial charge on any atom is -0.345 e. The fourth-order valence-corrected chi connectivity index (χ4v) is 4.21. The Kier molecular flexibility index (Phi) is 6.77. The summed E-state index contributed by atoms with van der Waals surface area (Å²) in [6.45, 7) is 15.3. The number of aromatic nitrogens is 1. The standard InChI is InChI=1S/C25H30F3N3/c1-6-11-30(17(2)3)24-10-8-22(15-29-24)21-7-9-23(18(4)12-21)31-16-20(13-19(31)5)14-25(26,27)28/h7-10,12,15,20H,2,5-6,11,13-14,16H2,1,3-4H3. The normalized spacial score (nSPS) is 16.6. The second-order valence-electron chi connectivity index (χ2n) is 8.36. The highest BCUT2D eigenvalue weighted by Crippen LogP contribution is 2.39. The number of anilines is 2. The Hall–Kier alpha value is -2.76. The van der Waals surface area contributed by atoms with Gasteiger partial charge >= 0.3 is 6.18 Å². The molecule has 0 N–H and O–H groups in total. The van der Waals surface area contributed by atoms with Gasteiger partial charge in [-0.15, -0.1) is 0 Å². The summed E-state index contributed by atoms with van der Waals surface area (Å²) in [6.07, 6.45) is -1.68. The molecule has 6 heteroatoms. The van der Waals surface area contributed by atoms with Crippen LogP contribution >= 0.6 is 0 Å². The Bertz CT molecular complexity index is 947. The van der Waals surface area contributed by atoms with Crippen molar-refractivity contribution in [2.75, 3.05) is 22.9 Å². The highest BCUT2D eigenvalue weighted by atomic mass is 19.4. The lowest BCUT2D eigenvalue weighted by Gasteiger charge is -2.24. The van der Waals surface area contributed by atoms with E-state index in [1.54, 1.807) is 0 Å². The second-order valence-corrected chi connectivity index (χ2v) is 8.36. The van der Waals surface area contributed by atoms with Gasteiger partial charge in [0.2, 0.25) is 0 Å². The summed E-state index contributed by atoms with van der Waals surface area (Å²) in [7, 11) is 0. The molecule has 3 nitrogen and oxygen atoms in total. The first-order chi connectivity index (χ1) is 14.6. The lowest BCUT2D eigenvalue weighted by Crippen LogP contribution is -2.22. The molecule has 31 heavy (non-hydrogen) atoms. The number of hydrogen-bond acceptors (Lipinski definition) is 3. The average Bonchev–Trinajstić information content (AvgIpc) is 3.04. The van der Waals surface area contributed by atoms with Crippen LogP contribution in [0.1, 0.15) is 38.7 Å². The molecule has 0 radical (unpaired) electrons. The largest absolute Gasteiger partial charge is 0.389 e. The molecule has 1 atom stereocenters. The van der Waals surface area contributed by atoms with Crippen molar-refractivity contribution in [1.29, 1.82) is 0 Å². The van der Waals surface area contributed by atoms with Crippen LogP contribution in [0.5, 0.6) is 0 Å². The summed E-state index contributed by atoms with van der Waals surface area (Å²) < 4.78 is 38.4. The van der Waals surface area contributed by atoms with Gasteiger partial charge in [0.1, 0.15) is 5.82 Å². The van der Waals surface area contributed by atoms with Crippen molar-refractivity contribution in [3.63, 3.8) is 0 Å². The molecule has 3 rings (SSSR count). The molecule has 1 unspecified atom stereocenters. The van der Waals surface area contributed by atoms with Crippen LogP contribution in [0.15, 0.2) is 61.1 Å². The van der Waals surface area contributed by atoms with E-state index in [1.807, 2.05) is 49.2 Å². The van der Waals surface area contributed by atoms with Crippen LogP contribution in [0, 0.1) is 12.8 Å². The first-order valence-corrected chi connectivity index (χ1v) is 10.6. The lowest BCUT2D eigenvalue weighted by atomic mass is 10.0. The number of hydrogen-bond donors (Lipinski definition) is 0. The fraction of sp³-hybridized carbons (Fsp3) is 0.400. The molecular weight excluding hydrogens is 399 g/mol. The monoisotopic (exact) mass is 429 g/mol. The Labute approximate surface area is 182 Å². The minimum atomic E-state index is -4.14. The van der Waals surface area contributed by atoms with Crippen LogP contribution in [-0.2, 0) is 0 Å². The van der Waals surface area contributed by atoms with Gasteiger partial charge in [-0.05, 0) is 68.0 Å². The van der Waals surface area contributed by atoms with Crippen molar-refractivity contribution in [3.05, 3.63) is 66.6 Å². The van der Waals surface area contributed by atoms with E-state index in [9.17, 15) is 13.2 Å². The van der Waals surface area contributed by atoms with Crippen molar-refractivity contribution in [2.45, 2.75) is 46.2 Å². The molecule has 0 saturated carbocycles. The summed E-state index contributed by atoms with van der Waals surface area (Å²) in [5.74, 6) is 0.429. The zero-order valence-corrected chi connectivity index (χ0v) is 18.5. The summed E-state index contributed by atoms with van der Waals surface area (Å²) >= 11 is 0. The topological polar surface area (TPSA) is 19.4 Å². The predicted octanol–water partition coefficient (Wildman–Crippen LogP) is 7.10. The zero-order chi connectivity index (χ0) is 22.8. The Morgan fingerprint density at radius 2 is 1.94 bits per heavy atom. The molecule has 166 valence electrons. The van der Waals surface area contributed by atoms with Crippen LogP contribution in [0.25, 0.3) is 11.1 Å². The van der Waals surface area contributed by atoms with Gasteiger partial charge in [-0.2, -0.15) is 13.2 Å². The average molecular weight is 430 g/mol. The summed E-state index contributed by atoms with van der Waals surface area (Å²) in [6, 6.07) is 10.0. The molecular formula is C25H30F3N3. The lowest BCUT2D eigenvalue weighted by molar-refractivity contribution is -0.142. The smallest absolute Gasteiger partial charge is 0.345 e. The molecule has 1 aliphatic rings. The summed E-state index contributed by atoms with van der Waals surface area (Å²) in [4.78, 5) is 8.63. The third kappa shape index (κ3) is 5.49. The summed E-state index contributed by atoms with van der Waals surface area (Å²) in [5, 5.41) is 0. The van der Waals surface area contributed by atoms with Gasteiger partial charge in [-0.3, -0.25) is 0 Å². The van der Waals surface area contributed by atoms with E-state index in [2.05, 4.69) is 36.0 Å². The van der Waals surface area contributed by atoms with Crippen LogP contribution in [0.4, 0.5) is 24.7 Å². The number of nitrogens with zero attached hydrogens (tertiary/aromatic N) is 3. The van der Waals surface area contributed by atoms with E-state index >= 15 is 0 Å². The van der Waals surface area contributed by atoms with Gasteiger partial charge in [0, 0.05) is 48.4 Å². The number of pyridine rings is 1. The van der Waals surface area contributed by atoms with Crippen molar-refractivity contribution < 1.29 is 13.2 Å². The van der Waals surface area contributed by atoms with E-state index in [-0.39, 0.29) is 0 Å². The van der Waals surface area contributed by atoms with Crippen molar-refractivity contribution in [1.82, 2.24) is 4.98 Å². The number of halogens is 3. The molecule has 0 bridgehead atoms. The molecule has 0 spiro atoms. The zero-order valence-electron chi connectivity index (χ0n) is 18.5. The number of benzene rings is 1. The maximum atomic E-state index is 12.8. The van der Waals surface area contributed by atoms with E-state index in [4.69, 9.17) is 0 Å². The molecule has 1 aromatic heterocycles. The van der Waals surface area contributed by atoms with Crippen molar-refractivity contribution >= 4 is 11.5 Å². The summed E-state index contributed by atoms with van der Waals surface area (Å²) in [5.41, 5.74) is 5.63. The molecule has 0 aliphatic carbocycles. The highest BCUT2D eigenvalue weighted by Gasteiger charge is 2.37. The first kappa shape index (κ1) is 22.9. The van der Waals surface area contributed by atoms with Gasteiger partial charge in [0.15, 0.2) is 0 Å². The number of alkyl halides is 3. The van der Waals surface area contributed by atoms with Gasteiger partial charge in [0.25, 0.3) is 0 Å². The van der Waals surface area contributed by atoms with Crippen LogP contribution in [0.2, 0.25) is 0 Å². The van der Waals surface area contributed by atoms with Gasteiger partial charge in [0.05, 0.1) is 0 Å². The van der Waals surface area contributed by atoms with Crippen molar-refractivity contribution in [3.8, 4) is 11.1 Å². The number of allylic oxidation sites excluding steroid dienone is 2. The second kappa shape index (κ2) is 9.16. The molecule has 1 aliphatic heterocycles. The Morgan fingerprint density at radius 3 is 2.48 bits per heavy atom. The van der Waals surface area contributed by atoms with Gasteiger partial charge < -0.3 is 9.80 Å². The van der Waals surface area contributed by atoms with E-state index in [1.165, 1.54) is 0 Å². The quantitative estimate of drug-likeness (QED) is 0.468. The van der Waals surface area contributed by atoms with E-state index in [0.29, 0.717) is 13.0 Å². The Balaban J connectivity index is 1.78. The van der Waals surface area contributed by atoms with E-state index in [0.717, 1.165) is 52.6 Å². The molecule has 2 aromatic rings. The molecule has 0 amide bonds. The van der Waals surface area contributed by atoms with Gasteiger partial charge in [-0.25, -0.2) is 4.98 Å².